The Bertz CT molecular complexity index is 1220. The van der Waals surface area contributed by atoms with Crippen LogP contribution in [0, 0.1) is 5.92 Å². The maximum atomic E-state index is 13.4. The van der Waals surface area contributed by atoms with E-state index in [0.29, 0.717) is 5.56 Å². The van der Waals surface area contributed by atoms with Gasteiger partial charge in [0.25, 0.3) is 5.91 Å². The number of amides is 3. The van der Waals surface area contributed by atoms with Gasteiger partial charge in [0, 0.05) is 19.2 Å². The quantitative estimate of drug-likeness (QED) is 0.555. The molecule has 1 heterocycles. The van der Waals surface area contributed by atoms with Gasteiger partial charge in [-0.05, 0) is 41.8 Å². The molecule has 0 aliphatic carbocycles. The van der Waals surface area contributed by atoms with Crippen LogP contribution in [-0.4, -0.2) is 31.9 Å². The number of likely N-dealkylation sites (N-methyl/N-ethyl adjacent to an activating group) is 1. The summed E-state index contributed by atoms with van der Waals surface area (Å²) in [4.78, 5) is 40.6. The predicted molar refractivity (Wildman–Crippen MR) is 130 cm³/mol. The highest BCUT2D eigenvalue weighted by atomic mass is 16.5. The van der Waals surface area contributed by atoms with Crippen LogP contribution in [0.15, 0.2) is 72.8 Å². The number of carbonyl (C=O) groups is 3. The fourth-order valence-electron chi connectivity index (χ4n) is 4.04. The summed E-state index contributed by atoms with van der Waals surface area (Å²) in [5.74, 6) is -1.45. The van der Waals surface area contributed by atoms with Crippen LogP contribution >= 0.6 is 0 Å². The first-order valence-electron chi connectivity index (χ1n) is 11.1. The average molecular weight is 458 g/mol. The molecule has 2 N–H and O–H groups in total. The molecular weight excluding hydrogens is 430 g/mol. The summed E-state index contributed by atoms with van der Waals surface area (Å²) in [6, 6.07) is 21.5. The molecule has 3 aromatic carbocycles. The van der Waals surface area contributed by atoms with E-state index in [0.717, 1.165) is 28.1 Å². The lowest BCUT2D eigenvalue weighted by atomic mass is 9.95. The molecule has 174 valence electrons. The number of carbonyl (C=O) groups excluding carboxylic acids is 3. The SMILES string of the molecule is COc1ccc(CNC(=O)[C@H](C)C(=O)N[C@H]2C(=O)N(C)c3ccccc3-c3ccccc32)cc1. The summed E-state index contributed by atoms with van der Waals surface area (Å²) >= 11 is 0. The molecule has 0 saturated carbocycles. The number of nitrogens with one attached hydrogen (secondary N) is 2. The number of rotatable bonds is 6. The minimum absolute atomic E-state index is 0.267. The number of hydrogen-bond donors (Lipinski definition) is 2. The van der Waals surface area contributed by atoms with Crippen molar-refractivity contribution in [2.75, 3.05) is 19.1 Å². The van der Waals surface area contributed by atoms with Crippen molar-refractivity contribution in [3.63, 3.8) is 0 Å². The maximum absolute atomic E-state index is 13.4. The van der Waals surface area contributed by atoms with E-state index in [1.807, 2.05) is 60.7 Å². The van der Waals surface area contributed by atoms with Crippen LogP contribution in [0.25, 0.3) is 11.1 Å². The molecule has 0 saturated heterocycles. The van der Waals surface area contributed by atoms with Crippen LogP contribution < -0.4 is 20.3 Å². The van der Waals surface area contributed by atoms with Crippen LogP contribution in [-0.2, 0) is 20.9 Å². The molecule has 0 aromatic heterocycles. The number of ether oxygens (including phenoxy) is 1. The van der Waals surface area contributed by atoms with Crippen molar-refractivity contribution in [2.24, 2.45) is 5.92 Å². The van der Waals surface area contributed by atoms with E-state index in [2.05, 4.69) is 10.6 Å². The van der Waals surface area contributed by atoms with Crippen molar-refractivity contribution in [3.8, 4) is 16.9 Å². The van der Waals surface area contributed by atoms with Gasteiger partial charge < -0.3 is 20.3 Å². The Balaban J connectivity index is 1.50. The topological polar surface area (TPSA) is 87.7 Å². The third kappa shape index (κ3) is 4.50. The lowest BCUT2D eigenvalue weighted by Gasteiger charge is -2.24. The minimum Gasteiger partial charge on any atom is -0.497 e. The van der Waals surface area contributed by atoms with Crippen LogP contribution in [0.5, 0.6) is 5.75 Å². The molecule has 0 fully saturated rings. The molecule has 34 heavy (non-hydrogen) atoms. The summed E-state index contributed by atoms with van der Waals surface area (Å²) in [6.45, 7) is 1.81. The van der Waals surface area contributed by atoms with Gasteiger partial charge >= 0.3 is 0 Å². The van der Waals surface area contributed by atoms with Crippen molar-refractivity contribution in [2.45, 2.75) is 19.5 Å². The first-order chi connectivity index (χ1) is 16.4. The molecular formula is C27H27N3O4. The van der Waals surface area contributed by atoms with E-state index in [1.165, 1.54) is 6.92 Å². The standard InChI is InChI=1S/C27H27N3O4/c1-17(25(31)28-16-18-12-14-19(34-3)15-13-18)26(32)29-24-22-10-5-4-8-20(22)21-9-6-7-11-23(21)30(2)27(24)33/h4-15,17,24H,16H2,1-3H3,(H,28,31)(H,29,32)/t17-,24+/m0/s1. The molecule has 0 radical (unpaired) electrons. The smallest absolute Gasteiger partial charge is 0.253 e. The monoisotopic (exact) mass is 457 g/mol. The van der Waals surface area contributed by atoms with E-state index in [4.69, 9.17) is 4.74 Å². The highest BCUT2D eigenvalue weighted by Crippen LogP contribution is 2.39. The highest BCUT2D eigenvalue weighted by Gasteiger charge is 2.34. The second-order valence-corrected chi connectivity index (χ2v) is 8.23. The lowest BCUT2D eigenvalue weighted by Crippen LogP contribution is -2.45. The molecule has 3 aromatic rings. The molecule has 1 aliphatic rings. The molecule has 4 rings (SSSR count). The third-order valence-corrected chi connectivity index (χ3v) is 6.10. The van der Waals surface area contributed by atoms with E-state index in [-0.39, 0.29) is 12.5 Å². The van der Waals surface area contributed by atoms with Crippen molar-refractivity contribution >= 4 is 23.4 Å². The van der Waals surface area contributed by atoms with Crippen molar-refractivity contribution in [3.05, 3.63) is 83.9 Å². The number of para-hydroxylation sites is 1. The summed E-state index contributed by atoms with van der Waals surface area (Å²) in [5, 5.41) is 5.60. The van der Waals surface area contributed by atoms with Gasteiger partial charge in [0.2, 0.25) is 11.8 Å². The van der Waals surface area contributed by atoms with Crippen LogP contribution in [0.2, 0.25) is 0 Å². The van der Waals surface area contributed by atoms with Crippen molar-refractivity contribution in [1.29, 1.82) is 0 Å². The predicted octanol–water partition coefficient (Wildman–Crippen LogP) is 3.45. The first kappa shape index (κ1) is 23.0. The van der Waals surface area contributed by atoms with E-state index >= 15 is 0 Å². The molecule has 7 heteroatoms. The Hall–Kier alpha value is -4.13. The van der Waals surface area contributed by atoms with Gasteiger partial charge in [-0.2, -0.15) is 0 Å². The van der Waals surface area contributed by atoms with Gasteiger partial charge in [-0.3, -0.25) is 14.4 Å². The van der Waals surface area contributed by atoms with Gasteiger partial charge in [-0.15, -0.1) is 0 Å². The Kier molecular flexibility index (Phi) is 6.63. The van der Waals surface area contributed by atoms with E-state index in [9.17, 15) is 14.4 Å². The van der Waals surface area contributed by atoms with Crippen LogP contribution in [0.3, 0.4) is 0 Å². The van der Waals surface area contributed by atoms with Gasteiger partial charge in [-0.1, -0.05) is 54.6 Å². The van der Waals surface area contributed by atoms with Gasteiger partial charge in [0.05, 0.1) is 12.8 Å². The van der Waals surface area contributed by atoms with Gasteiger partial charge in [-0.25, -0.2) is 0 Å². The first-order valence-corrected chi connectivity index (χ1v) is 11.1. The van der Waals surface area contributed by atoms with Gasteiger partial charge in [0.1, 0.15) is 17.7 Å². The number of benzene rings is 3. The van der Waals surface area contributed by atoms with Crippen molar-refractivity contribution in [1.82, 2.24) is 10.6 Å². The molecule has 1 aliphatic heterocycles. The van der Waals surface area contributed by atoms with Crippen LogP contribution in [0.4, 0.5) is 5.69 Å². The zero-order valence-corrected chi connectivity index (χ0v) is 19.4. The van der Waals surface area contributed by atoms with Crippen LogP contribution in [0.1, 0.15) is 24.1 Å². The normalized spacial score (nSPS) is 15.4. The summed E-state index contributed by atoms with van der Waals surface area (Å²) in [7, 11) is 3.28. The summed E-state index contributed by atoms with van der Waals surface area (Å²) < 4.78 is 5.14. The second-order valence-electron chi connectivity index (χ2n) is 8.23. The molecule has 0 unspecified atom stereocenters. The Morgan fingerprint density at radius 3 is 2.29 bits per heavy atom. The highest BCUT2D eigenvalue weighted by molar-refractivity contribution is 6.07. The van der Waals surface area contributed by atoms with Gasteiger partial charge in [0.15, 0.2) is 0 Å². The Morgan fingerprint density at radius 2 is 1.59 bits per heavy atom. The number of hydrogen-bond acceptors (Lipinski definition) is 4. The fraction of sp³-hybridized carbons (Fsp3) is 0.222. The zero-order chi connectivity index (χ0) is 24.2. The fourth-order valence-corrected chi connectivity index (χ4v) is 4.04. The third-order valence-electron chi connectivity index (χ3n) is 6.10. The molecule has 0 bridgehead atoms. The number of nitrogens with zero attached hydrogens (tertiary/aromatic N) is 1. The second kappa shape index (κ2) is 9.79. The molecule has 2 atom stereocenters. The lowest BCUT2D eigenvalue weighted by molar-refractivity contribution is -0.136. The van der Waals surface area contributed by atoms with E-state index in [1.54, 1.807) is 31.2 Å². The number of anilines is 1. The number of methoxy groups -OCH3 is 1. The molecule has 0 spiro atoms. The largest absolute Gasteiger partial charge is 0.497 e. The summed E-state index contributed by atoms with van der Waals surface area (Å²) in [5.41, 5.74) is 4.13. The molecule has 7 nitrogen and oxygen atoms in total. The zero-order valence-electron chi connectivity index (χ0n) is 19.4. The Morgan fingerprint density at radius 1 is 0.941 bits per heavy atom. The Labute approximate surface area is 198 Å². The maximum Gasteiger partial charge on any atom is 0.253 e. The number of fused-ring (bicyclic) bond motifs is 3. The summed E-state index contributed by atoms with van der Waals surface area (Å²) in [6.07, 6.45) is 0. The molecule has 3 amide bonds. The minimum atomic E-state index is -0.978. The van der Waals surface area contributed by atoms with E-state index < -0.39 is 23.8 Å². The van der Waals surface area contributed by atoms with Crippen molar-refractivity contribution < 1.29 is 19.1 Å². The average Bonchev–Trinajstić information content (AvgIpc) is 2.96.